The van der Waals surface area contributed by atoms with Crippen LogP contribution in [0.3, 0.4) is 0 Å². The first-order valence-electron chi connectivity index (χ1n) is 10.6. The molecule has 2 N–H and O–H groups in total. The van der Waals surface area contributed by atoms with E-state index in [1.807, 2.05) is 0 Å². The standard InChI is InChI=1S/C22H32N6/c1-2-26-12-14-28(15-13-26)22-20(23)21(24-17-25-22)27-10-8-19(9-11-27)16-18-6-4-3-5-7-18/h3-7,17,19H,2,8-16,23H2,1H3. The molecule has 6 heteroatoms. The van der Waals surface area contributed by atoms with Gasteiger partial charge in [0.2, 0.25) is 0 Å². The third-order valence-electron chi connectivity index (χ3n) is 6.24. The van der Waals surface area contributed by atoms with E-state index < -0.39 is 0 Å². The molecule has 4 rings (SSSR count). The second-order valence-corrected chi connectivity index (χ2v) is 7.98. The smallest absolute Gasteiger partial charge is 0.157 e. The monoisotopic (exact) mass is 380 g/mol. The Morgan fingerprint density at radius 2 is 1.50 bits per heavy atom. The zero-order valence-electron chi connectivity index (χ0n) is 16.9. The normalized spacial score (nSPS) is 19.2. The molecule has 2 saturated heterocycles. The molecule has 6 nitrogen and oxygen atoms in total. The van der Waals surface area contributed by atoms with Crippen LogP contribution in [0.25, 0.3) is 0 Å². The van der Waals surface area contributed by atoms with E-state index in [2.05, 4.69) is 61.9 Å². The van der Waals surface area contributed by atoms with Gasteiger partial charge >= 0.3 is 0 Å². The maximum absolute atomic E-state index is 6.55. The number of piperazine rings is 1. The number of hydrogen-bond donors (Lipinski definition) is 1. The highest BCUT2D eigenvalue weighted by Gasteiger charge is 2.25. The predicted octanol–water partition coefficient (Wildman–Crippen LogP) is 2.66. The molecule has 2 aromatic rings. The fraction of sp³-hybridized carbons (Fsp3) is 0.545. The Hall–Kier alpha value is -2.34. The number of rotatable bonds is 5. The summed E-state index contributed by atoms with van der Waals surface area (Å²) in [6.07, 6.45) is 5.22. The van der Waals surface area contributed by atoms with Gasteiger partial charge in [0.25, 0.3) is 0 Å². The van der Waals surface area contributed by atoms with E-state index in [9.17, 15) is 0 Å². The molecule has 0 amide bonds. The van der Waals surface area contributed by atoms with Crippen molar-refractivity contribution in [3.05, 3.63) is 42.2 Å². The van der Waals surface area contributed by atoms with Crippen molar-refractivity contribution in [2.24, 2.45) is 5.92 Å². The number of piperidine rings is 1. The third kappa shape index (κ3) is 4.22. The maximum Gasteiger partial charge on any atom is 0.157 e. The molecule has 3 heterocycles. The number of aromatic nitrogens is 2. The van der Waals surface area contributed by atoms with Crippen molar-refractivity contribution < 1.29 is 0 Å². The van der Waals surface area contributed by atoms with E-state index in [1.165, 1.54) is 24.8 Å². The lowest BCUT2D eigenvalue weighted by Crippen LogP contribution is -2.46. The molecule has 1 aromatic carbocycles. The van der Waals surface area contributed by atoms with E-state index in [0.717, 1.165) is 69.1 Å². The summed E-state index contributed by atoms with van der Waals surface area (Å²) in [6, 6.07) is 10.8. The number of nitrogen functional groups attached to an aromatic ring is 1. The zero-order valence-corrected chi connectivity index (χ0v) is 16.9. The fourth-order valence-corrected chi connectivity index (χ4v) is 4.45. The van der Waals surface area contributed by atoms with E-state index in [0.29, 0.717) is 0 Å². The Labute approximate surface area is 168 Å². The Morgan fingerprint density at radius 1 is 0.893 bits per heavy atom. The SMILES string of the molecule is CCN1CCN(c2ncnc(N3CCC(Cc4ccccc4)CC3)c2N)CC1. The van der Waals surface area contributed by atoms with Gasteiger partial charge in [0.05, 0.1) is 0 Å². The van der Waals surface area contributed by atoms with Gasteiger partial charge in [0, 0.05) is 39.3 Å². The summed E-state index contributed by atoms with van der Waals surface area (Å²) in [5, 5.41) is 0. The van der Waals surface area contributed by atoms with Gasteiger partial charge in [0.1, 0.15) is 12.0 Å². The van der Waals surface area contributed by atoms with Gasteiger partial charge in [-0.2, -0.15) is 0 Å². The predicted molar refractivity (Wildman–Crippen MR) is 116 cm³/mol. The largest absolute Gasteiger partial charge is 0.393 e. The first-order chi connectivity index (χ1) is 13.7. The molecule has 1 aromatic heterocycles. The molecular weight excluding hydrogens is 348 g/mol. The van der Waals surface area contributed by atoms with E-state index in [-0.39, 0.29) is 0 Å². The van der Waals surface area contributed by atoms with Crippen molar-refractivity contribution in [1.82, 2.24) is 14.9 Å². The van der Waals surface area contributed by atoms with Crippen LogP contribution in [0.5, 0.6) is 0 Å². The average Bonchev–Trinajstić information content (AvgIpc) is 2.75. The third-order valence-corrected chi connectivity index (χ3v) is 6.24. The van der Waals surface area contributed by atoms with Crippen LogP contribution in [0.4, 0.5) is 17.3 Å². The lowest BCUT2D eigenvalue weighted by molar-refractivity contribution is 0.270. The minimum Gasteiger partial charge on any atom is -0.393 e. The van der Waals surface area contributed by atoms with E-state index >= 15 is 0 Å². The molecule has 0 radical (unpaired) electrons. The maximum atomic E-state index is 6.55. The van der Waals surface area contributed by atoms with Gasteiger partial charge in [-0.25, -0.2) is 9.97 Å². The minimum atomic E-state index is 0.739. The fourth-order valence-electron chi connectivity index (χ4n) is 4.45. The highest BCUT2D eigenvalue weighted by atomic mass is 15.3. The quantitative estimate of drug-likeness (QED) is 0.860. The second-order valence-electron chi connectivity index (χ2n) is 7.98. The van der Waals surface area contributed by atoms with Crippen LogP contribution in [-0.4, -0.2) is 60.7 Å². The van der Waals surface area contributed by atoms with E-state index in [4.69, 9.17) is 5.73 Å². The number of nitrogens with zero attached hydrogens (tertiary/aromatic N) is 5. The summed E-state index contributed by atoms with van der Waals surface area (Å²) in [4.78, 5) is 16.2. The van der Waals surface area contributed by atoms with Crippen molar-refractivity contribution in [3.63, 3.8) is 0 Å². The summed E-state index contributed by atoms with van der Waals surface area (Å²) < 4.78 is 0. The molecule has 2 aliphatic heterocycles. The van der Waals surface area contributed by atoms with Crippen LogP contribution in [0.2, 0.25) is 0 Å². The second kappa shape index (κ2) is 8.78. The van der Waals surface area contributed by atoms with Gasteiger partial charge in [-0.1, -0.05) is 37.3 Å². The molecule has 0 spiro atoms. The van der Waals surface area contributed by atoms with Crippen LogP contribution in [0.1, 0.15) is 25.3 Å². The average molecular weight is 381 g/mol. The molecule has 0 atom stereocenters. The van der Waals surface area contributed by atoms with Gasteiger partial charge in [0.15, 0.2) is 11.6 Å². The molecule has 0 saturated carbocycles. The molecule has 0 unspecified atom stereocenters. The minimum absolute atomic E-state index is 0.739. The van der Waals surface area contributed by atoms with Gasteiger partial charge in [-0.05, 0) is 37.3 Å². The molecule has 150 valence electrons. The van der Waals surface area contributed by atoms with Crippen molar-refractivity contribution in [3.8, 4) is 0 Å². The number of anilines is 3. The molecule has 0 bridgehead atoms. The summed E-state index contributed by atoms with van der Waals surface area (Å²) in [5.74, 6) is 2.57. The van der Waals surface area contributed by atoms with Gasteiger partial charge in [-0.3, -0.25) is 0 Å². The summed E-state index contributed by atoms with van der Waals surface area (Å²) in [6.45, 7) is 9.45. The number of hydrogen-bond acceptors (Lipinski definition) is 6. The summed E-state index contributed by atoms with van der Waals surface area (Å²) in [5.41, 5.74) is 8.73. The van der Waals surface area contributed by atoms with Crippen LogP contribution in [0.15, 0.2) is 36.7 Å². The van der Waals surface area contributed by atoms with Gasteiger partial charge in [-0.15, -0.1) is 0 Å². The van der Waals surface area contributed by atoms with Crippen LogP contribution in [-0.2, 0) is 6.42 Å². The Bertz CT molecular complexity index is 749. The van der Waals surface area contributed by atoms with Gasteiger partial charge < -0.3 is 20.4 Å². The Balaban J connectivity index is 1.39. The molecule has 2 fully saturated rings. The molecule has 2 aliphatic rings. The summed E-state index contributed by atoms with van der Waals surface area (Å²) in [7, 11) is 0. The van der Waals surface area contributed by atoms with Crippen molar-refractivity contribution in [1.29, 1.82) is 0 Å². The lowest BCUT2D eigenvalue weighted by Gasteiger charge is -2.37. The highest BCUT2D eigenvalue weighted by molar-refractivity contribution is 5.75. The topological polar surface area (TPSA) is 61.5 Å². The van der Waals surface area contributed by atoms with Crippen molar-refractivity contribution >= 4 is 17.3 Å². The molecular formula is C22H32N6. The zero-order chi connectivity index (χ0) is 19.3. The Kier molecular flexibility index (Phi) is 5.95. The number of benzene rings is 1. The van der Waals surface area contributed by atoms with E-state index in [1.54, 1.807) is 6.33 Å². The first kappa shape index (κ1) is 19.0. The lowest BCUT2D eigenvalue weighted by atomic mass is 9.90. The number of likely N-dealkylation sites (N-methyl/N-ethyl adjacent to an activating group) is 1. The van der Waals surface area contributed by atoms with Crippen molar-refractivity contribution in [2.45, 2.75) is 26.2 Å². The van der Waals surface area contributed by atoms with Crippen LogP contribution < -0.4 is 15.5 Å². The van der Waals surface area contributed by atoms with Crippen LogP contribution in [0, 0.1) is 5.92 Å². The number of nitrogens with two attached hydrogens (primary N) is 1. The molecule has 28 heavy (non-hydrogen) atoms. The summed E-state index contributed by atoms with van der Waals surface area (Å²) >= 11 is 0. The first-order valence-corrected chi connectivity index (χ1v) is 10.6. The molecule has 0 aliphatic carbocycles. The highest BCUT2D eigenvalue weighted by Crippen LogP contribution is 2.32. The van der Waals surface area contributed by atoms with Crippen LogP contribution >= 0.6 is 0 Å². The van der Waals surface area contributed by atoms with Crippen molar-refractivity contribution in [2.75, 3.05) is 61.3 Å². The Morgan fingerprint density at radius 3 is 2.11 bits per heavy atom.